The zero-order valence-corrected chi connectivity index (χ0v) is 10.7. The summed E-state index contributed by atoms with van der Waals surface area (Å²) in [4.78, 5) is 5.36. The number of halogens is 2. The number of rotatable bonds is 2. The molecule has 1 aromatic carbocycles. The average molecular weight is 258 g/mol. The van der Waals surface area contributed by atoms with Crippen molar-refractivity contribution in [2.45, 2.75) is 26.4 Å². The zero-order valence-electron chi connectivity index (χ0n) is 9.21. The Kier molecular flexibility index (Phi) is 3.41. The van der Waals surface area contributed by atoms with Crippen LogP contribution in [-0.4, -0.2) is 11.8 Å². The molecule has 0 spiro atoms. The maximum absolute atomic E-state index is 5.95. The fraction of sp³-hybridized carbons (Fsp3) is 0.417. The SMILES string of the molecule is CC(C)C1CC(c2cc(Cl)cc(Cl)c2)=NO1. The van der Waals surface area contributed by atoms with Crippen LogP contribution in [0, 0.1) is 5.92 Å². The Bertz CT molecular complexity index is 409. The van der Waals surface area contributed by atoms with Gasteiger partial charge < -0.3 is 4.84 Å². The van der Waals surface area contributed by atoms with E-state index >= 15 is 0 Å². The average Bonchev–Trinajstić information content (AvgIpc) is 2.64. The Morgan fingerprint density at radius 3 is 2.38 bits per heavy atom. The van der Waals surface area contributed by atoms with E-state index in [1.54, 1.807) is 6.07 Å². The summed E-state index contributed by atoms with van der Waals surface area (Å²) in [5, 5.41) is 5.34. The minimum Gasteiger partial charge on any atom is -0.392 e. The lowest BCUT2D eigenvalue weighted by atomic mass is 9.99. The van der Waals surface area contributed by atoms with Gasteiger partial charge in [-0.1, -0.05) is 42.2 Å². The molecular formula is C12H13Cl2NO. The molecule has 86 valence electrons. The van der Waals surface area contributed by atoms with Crippen molar-refractivity contribution < 1.29 is 4.84 Å². The van der Waals surface area contributed by atoms with Gasteiger partial charge in [-0.3, -0.25) is 0 Å². The first kappa shape index (κ1) is 11.7. The van der Waals surface area contributed by atoms with Gasteiger partial charge in [0.05, 0.1) is 5.71 Å². The first-order valence-corrected chi connectivity index (χ1v) is 6.01. The van der Waals surface area contributed by atoms with Crippen LogP contribution in [0.1, 0.15) is 25.8 Å². The fourth-order valence-corrected chi connectivity index (χ4v) is 2.17. The highest BCUT2D eigenvalue weighted by Crippen LogP contribution is 2.25. The molecule has 4 heteroatoms. The molecule has 1 atom stereocenters. The molecule has 0 saturated heterocycles. The second-order valence-corrected chi connectivity index (χ2v) is 5.16. The molecule has 1 aliphatic rings. The third kappa shape index (κ3) is 2.50. The third-order valence-electron chi connectivity index (χ3n) is 2.63. The molecule has 0 bridgehead atoms. The number of hydrogen-bond donors (Lipinski definition) is 0. The van der Waals surface area contributed by atoms with Crippen LogP contribution >= 0.6 is 23.2 Å². The van der Waals surface area contributed by atoms with E-state index in [0.717, 1.165) is 17.7 Å². The summed E-state index contributed by atoms with van der Waals surface area (Å²) in [6.45, 7) is 4.24. The molecule has 0 radical (unpaired) electrons. The summed E-state index contributed by atoms with van der Waals surface area (Å²) in [6.07, 6.45) is 0.974. The first-order valence-electron chi connectivity index (χ1n) is 5.25. The molecule has 1 aliphatic heterocycles. The highest BCUT2D eigenvalue weighted by molar-refractivity contribution is 6.35. The third-order valence-corrected chi connectivity index (χ3v) is 3.07. The highest BCUT2D eigenvalue weighted by atomic mass is 35.5. The largest absolute Gasteiger partial charge is 0.392 e. The maximum atomic E-state index is 5.95. The summed E-state index contributed by atoms with van der Waals surface area (Å²) in [5.74, 6) is 0.455. The lowest BCUT2D eigenvalue weighted by Gasteiger charge is -2.10. The molecule has 0 fully saturated rings. The summed E-state index contributed by atoms with van der Waals surface area (Å²) in [7, 11) is 0. The van der Waals surface area contributed by atoms with Crippen LogP contribution in [0.5, 0.6) is 0 Å². The summed E-state index contributed by atoms with van der Waals surface area (Å²) >= 11 is 11.9. The zero-order chi connectivity index (χ0) is 11.7. The molecule has 2 nitrogen and oxygen atoms in total. The Balaban J connectivity index is 2.20. The number of nitrogens with zero attached hydrogens (tertiary/aromatic N) is 1. The minimum absolute atomic E-state index is 0.160. The van der Waals surface area contributed by atoms with Crippen molar-refractivity contribution in [3.63, 3.8) is 0 Å². The van der Waals surface area contributed by atoms with E-state index in [1.165, 1.54) is 0 Å². The van der Waals surface area contributed by atoms with Gasteiger partial charge in [0.1, 0.15) is 6.10 Å². The van der Waals surface area contributed by atoms with Gasteiger partial charge in [-0.25, -0.2) is 0 Å². The predicted molar refractivity (Wildman–Crippen MR) is 67.3 cm³/mol. The van der Waals surface area contributed by atoms with Crippen LogP contribution in [-0.2, 0) is 4.84 Å². The van der Waals surface area contributed by atoms with Crippen LogP contribution < -0.4 is 0 Å². The van der Waals surface area contributed by atoms with Crippen LogP contribution in [0.2, 0.25) is 10.0 Å². The van der Waals surface area contributed by atoms with Crippen molar-refractivity contribution in [3.05, 3.63) is 33.8 Å². The lowest BCUT2D eigenvalue weighted by Crippen LogP contribution is -2.15. The molecule has 16 heavy (non-hydrogen) atoms. The second-order valence-electron chi connectivity index (χ2n) is 4.29. The summed E-state index contributed by atoms with van der Waals surface area (Å²) in [5.41, 5.74) is 1.86. The van der Waals surface area contributed by atoms with Crippen molar-refractivity contribution >= 4 is 28.9 Å². The minimum atomic E-state index is 0.160. The van der Waals surface area contributed by atoms with Crippen molar-refractivity contribution in [2.24, 2.45) is 11.1 Å². The van der Waals surface area contributed by atoms with E-state index < -0.39 is 0 Å². The summed E-state index contributed by atoms with van der Waals surface area (Å²) < 4.78 is 0. The Hall–Kier alpha value is -0.730. The number of benzene rings is 1. The molecule has 0 aromatic heterocycles. The normalized spacial score (nSPS) is 19.8. The van der Waals surface area contributed by atoms with E-state index in [9.17, 15) is 0 Å². The second kappa shape index (κ2) is 4.64. The van der Waals surface area contributed by atoms with Gasteiger partial charge >= 0.3 is 0 Å². The molecule has 0 aliphatic carbocycles. The fourth-order valence-electron chi connectivity index (χ4n) is 1.64. The Morgan fingerprint density at radius 2 is 1.88 bits per heavy atom. The van der Waals surface area contributed by atoms with Crippen molar-refractivity contribution in [2.75, 3.05) is 0 Å². The first-order chi connectivity index (χ1) is 7.56. The molecule has 1 unspecified atom stereocenters. The highest BCUT2D eigenvalue weighted by Gasteiger charge is 2.25. The van der Waals surface area contributed by atoms with Crippen LogP contribution in [0.4, 0.5) is 0 Å². The number of oxime groups is 1. The van der Waals surface area contributed by atoms with E-state index in [-0.39, 0.29) is 6.10 Å². The van der Waals surface area contributed by atoms with E-state index in [4.69, 9.17) is 28.0 Å². The van der Waals surface area contributed by atoms with Crippen LogP contribution in [0.25, 0.3) is 0 Å². The predicted octanol–water partition coefficient (Wildman–Crippen LogP) is 4.14. The Labute approximate surface area is 105 Å². The van der Waals surface area contributed by atoms with Crippen molar-refractivity contribution in [1.29, 1.82) is 0 Å². The molecule has 0 N–H and O–H groups in total. The molecule has 0 amide bonds. The van der Waals surface area contributed by atoms with Gasteiger partial charge in [0.15, 0.2) is 0 Å². The Morgan fingerprint density at radius 1 is 1.25 bits per heavy atom. The monoisotopic (exact) mass is 257 g/mol. The van der Waals surface area contributed by atoms with Gasteiger partial charge in [0.2, 0.25) is 0 Å². The maximum Gasteiger partial charge on any atom is 0.135 e. The molecule has 2 rings (SSSR count). The van der Waals surface area contributed by atoms with Gasteiger partial charge in [-0.05, 0) is 24.1 Å². The smallest absolute Gasteiger partial charge is 0.135 e. The molecular weight excluding hydrogens is 245 g/mol. The quantitative estimate of drug-likeness (QED) is 0.781. The van der Waals surface area contributed by atoms with E-state index in [0.29, 0.717) is 16.0 Å². The van der Waals surface area contributed by atoms with Gasteiger partial charge in [-0.2, -0.15) is 0 Å². The molecule has 0 saturated carbocycles. The van der Waals surface area contributed by atoms with Crippen molar-refractivity contribution in [3.8, 4) is 0 Å². The lowest BCUT2D eigenvalue weighted by molar-refractivity contribution is 0.0521. The van der Waals surface area contributed by atoms with Gasteiger partial charge in [0.25, 0.3) is 0 Å². The molecule has 1 heterocycles. The van der Waals surface area contributed by atoms with E-state index in [2.05, 4.69) is 19.0 Å². The van der Waals surface area contributed by atoms with E-state index in [1.807, 2.05) is 12.1 Å². The number of hydrogen-bond acceptors (Lipinski definition) is 2. The van der Waals surface area contributed by atoms with Gasteiger partial charge in [0, 0.05) is 22.0 Å². The van der Waals surface area contributed by atoms with Crippen molar-refractivity contribution in [1.82, 2.24) is 0 Å². The summed E-state index contributed by atoms with van der Waals surface area (Å²) in [6, 6.07) is 5.43. The molecule has 1 aromatic rings. The van der Waals surface area contributed by atoms with Gasteiger partial charge in [-0.15, -0.1) is 0 Å². The van der Waals surface area contributed by atoms with Crippen LogP contribution in [0.15, 0.2) is 23.4 Å². The topological polar surface area (TPSA) is 21.6 Å². The van der Waals surface area contributed by atoms with Crippen LogP contribution in [0.3, 0.4) is 0 Å². The standard InChI is InChI=1S/C12H13Cl2NO/c1-7(2)12-6-11(15-16-12)8-3-9(13)5-10(14)4-8/h3-5,7,12H,6H2,1-2H3.